The Morgan fingerprint density at radius 3 is 2.54 bits per heavy atom. The molecule has 148 valence electrons. The second-order valence-corrected chi connectivity index (χ2v) is 7.26. The molecule has 0 aliphatic heterocycles. The second-order valence-electron chi connectivity index (χ2n) is 6.41. The van der Waals surface area contributed by atoms with E-state index >= 15 is 0 Å². The number of hydrogen-bond acceptors (Lipinski definition) is 3. The SMILES string of the molecule is CN=C(NCCC(=O)N(C)Cc1ccccc1Br)NCC(C)(C)OC.I. The van der Waals surface area contributed by atoms with E-state index in [9.17, 15) is 4.79 Å². The summed E-state index contributed by atoms with van der Waals surface area (Å²) < 4.78 is 6.38. The van der Waals surface area contributed by atoms with E-state index in [0.717, 1.165) is 10.0 Å². The largest absolute Gasteiger partial charge is 0.377 e. The van der Waals surface area contributed by atoms with Crippen LogP contribution in [0, 0.1) is 0 Å². The first-order valence-corrected chi connectivity index (χ1v) is 9.05. The first-order chi connectivity index (χ1) is 11.8. The normalized spacial score (nSPS) is 11.5. The maximum atomic E-state index is 12.3. The number of halogens is 2. The Hall–Kier alpha value is -0.870. The van der Waals surface area contributed by atoms with Crippen molar-refractivity contribution in [1.82, 2.24) is 15.5 Å². The molecule has 1 rings (SSSR count). The molecule has 1 aromatic carbocycles. The van der Waals surface area contributed by atoms with E-state index in [-0.39, 0.29) is 35.5 Å². The van der Waals surface area contributed by atoms with E-state index in [2.05, 4.69) is 31.6 Å². The standard InChI is InChI=1S/C18H29BrN4O2.HI/c1-18(2,25-5)13-22-17(20-3)21-11-10-16(24)23(4)12-14-8-6-7-9-15(14)19;/h6-9H,10-13H2,1-5H3,(H2,20,21,22);1H. The summed E-state index contributed by atoms with van der Waals surface area (Å²) in [6.07, 6.45) is 0.398. The van der Waals surface area contributed by atoms with Gasteiger partial charge in [0.2, 0.25) is 5.91 Å². The summed E-state index contributed by atoms with van der Waals surface area (Å²) in [5.41, 5.74) is 0.807. The van der Waals surface area contributed by atoms with Gasteiger partial charge in [-0.3, -0.25) is 9.79 Å². The number of ether oxygens (including phenoxy) is 1. The molecule has 0 atom stereocenters. The van der Waals surface area contributed by atoms with Gasteiger partial charge in [-0.2, -0.15) is 0 Å². The Labute approximate surface area is 182 Å². The molecule has 8 heteroatoms. The summed E-state index contributed by atoms with van der Waals surface area (Å²) in [6, 6.07) is 7.92. The van der Waals surface area contributed by atoms with Crippen molar-refractivity contribution in [1.29, 1.82) is 0 Å². The topological polar surface area (TPSA) is 66.0 Å². The maximum absolute atomic E-state index is 12.3. The molecular weight excluding hydrogens is 511 g/mol. The molecule has 26 heavy (non-hydrogen) atoms. The summed E-state index contributed by atoms with van der Waals surface area (Å²) in [6.45, 7) is 5.71. The molecule has 1 amide bonds. The molecule has 0 aromatic heterocycles. The Bertz CT molecular complexity index is 596. The summed E-state index contributed by atoms with van der Waals surface area (Å²) in [7, 11) is 5.20. The van der Waals surface area contributed by atoms with E-state index in [0.29, 0.717) is 32.0 Å². The summed E-state index contributed by atoms with van der Waals surface area (Å²) in [5.74, 6) is 0.738. The molecule has 0 fully saturated rings. The minimum atomic E-state index is -0.281. The van der Waals surface area contributed by atoms with Gasteiger partial charge >= 0.3 is 0 Å². The number of carbonyl (C=O) groups excluding carboxylic acids is 1. The zero-order valence-electron chi connectivity index (χ0n) is 16.1. The van der Waals surface area contributed by atoms with E-state index in [1.807, 2.05) is 45.2 Å². The highest BCUT2D eigenvalue weighted by Crippen LogP contribution is 2.17. The van der Waals surface area contributed by atoms with Crippen LogP contribution in [0.3, 0.4) is 0 Å². The zero-order valence-corrected chi connectivity index (χ0v) is 20.1. The molecular formula is C18H30BrIN4O2. The lowest BCUT2D eigenvalue weighted by Gasteiger charge is -2.24. The fourth-order valence-electron chi connectivity index (χ4n) is 2.04. The fourth-order valence-corrected chi connectivity index (χ4v) is 2.45. The van der Waals surface area contributed by atoms with E-state index in [4.69, 9.17) is 4.74 Å². The Morgan fingerprint density at radius 1 is 1.31 bits per heavy atom. The smallest absolute Gasteiger partial charge is 0.224 e. The van der Waals surface area contributed by atoms with E-state index in [1.54, 1.807) is 19.1 Å². The van der Waals surface area contributed by atoms with Crippen molar-refractivity contribution >= 4 is 51.8 Å². The Balaban J connectivity index is 0.00000625. The number of hydrogen-bond donors (Lipinski definition) is 2. The predicted octanol–water partition coefficient (Wildman–Crippen LogP) is 3.01. The number of aliphatic imine (C=N–C) groups is 1. The third kappa shape index (κ3) is 9.18. The summed E-state index contributed by atoms with van der Waals surface area (Å²) in [5, 5.41) is 6.35. The number of rotatable bonds is 8. The molecule has 6 nitrogen and oxygen atoms in total. The number of carbonyl (C=O) groups is 1. The monoisotopic (exact) mass is 540 g/mol. The van der Waals surface area contributed by atoms with Crippen LogP contribution in [0.4, 0.5) is 0 Å². The van der Waals surface area contributed by atoms with Gasteiger partial charge in [0.15, 0.2) is 5.96 Å². The lowest BCUT2D eigenvalue weighted by atomic mass is 10.1. The van der Waals surface area contributed by atoms with Crippen LogP contribution in [0.2, 0.25) is 0 Å². The minimum Gasteiger partial charge on any atom is -0.377 e. The van der Waals surface area contributed by atoms with Crippen molar-refractivity contribution in [2.75, 3.05) is 34.3 Å². The maximum Gasteiger partial charge on any atom is 0.224 e. The van der Waals surface area contributed by atoms with Crippen LogP contribution in [0.25, 0.3) is 0 Å². The van der Waals surface area contributed by atoms with Crippen LogP contribution in [0.5, 0.6) is 0 Å². The summed E-state index contributed by atoms with van der Waals surface area (Å²) in [4.78, 5) is 18.2. The Kier molecular flexibility index (Phi) is 12.1. The van der Waals surface area contributed by atoms with Gasteiger partial charge in [-0.25, -0.2) is 0 Å². The van der Waals surface area contributed by atoms with Crippen LogP contribution in [0.1, 0.15) is 25.8 Å². The van der Waals surface area contributed by atoms with Gasteiger partial charge in [0.25, 0.3) is 0 Å². The number of benzene rings is 1. The highest BCUT2D eigenvalue weighted by Gasteiger charge is 2.16. The molecule has 0 unspecified atom stereocenters. The van der Waals surface area contributed by atoms with Crippen LogP contribution in [0.15, 0.2) is 33.7 Å². The molecule has 2 N–H and O–H groups in total. The van der Waals surface area contributed by atoms with Gasteiger partial charge in [0.05, 0.1) is 5.60 Å². The van der Waals surface area contributed by atoms with Gasteiger partial charge in [0, 0.05) is 51.7 Å². The van der Waals surface area contributed by atoms with Crippen LogP contribution >= 0.6 is 39.9 Å². The molecule has 0 aliphatic carbocycles. The first kappa shape index (κ1) is 25.1. The molecule has 0 bridgehead atoms. The van der Waals surface area contributed by atoms with Crippen molar-refractivity contribution < 1.29 is 9.53 Å². The third-order valence-electron chi connectivity index (χ3n) is 3.88. The van der Waals surface area contributed by atoms with Gasteiger partial charge in [-0.15, -0.1) is 24.0 Å². The first-order valence-electron chi connectivity index (χ1n) is 8.26. The highest BCUT2D eigenvalue weighted by molar-refractivity contribution is 14.0. The number of amides is 1. The van der Waals surface area contributed by atoms with Gasteiger partial charge < -0.3 is 20.3 Å². The van der Waals surface area contributed by atoms with E-state index < -0.39 is 0 Å². The number of methoxy groups -OCH3 is 1. The molecule has 0 saturated carbocycles. The van der Waals surface area contributed by atoms with Crippen LogP contribution in [-0.4, -0.2) is 56.7 Å². The summed E-state index contributed by atoms with van der Waals surface area (Å²) >= 11 is 3.51. The molecule has 0 aliphatic rings. The fraction of sp³-hybridized carbons (Fsp3) is 0.556. The lowest BCUT2D eigenvalue weighted by molar-refractivity contribution is -0.130. The van der Waals surface area contributed by atoms with Gasteiger partial charge in [-0.1, -0.05) is 34.1 Å². The number of nitrogens with one attached hydrogen (secondary N) is 2. The average Bonchev–Trinajstić information content (AvgIpc) is 2.59. The van der Waals surface area contributed by atoms with Crippen molar-refractivity contribution in [2.24, 2.45) is 4.99 Å². The average molecular weight is 541 g/mol. The van der Waals surface area contributed by atoms with Crippen molar-refractivity contribution in [3.8, 4) is 0 Å². The molecule has 0 heterocycles. The lowest BCUT2D eigenvalue weighted by Crippen LogP contribution is -2.46. The molecule has 1 aromatic rings. The van der Waals surface area contributed by atoms with Crippen molar-refractivity contribution in [2.45, 2.75) is 32.4 Å². The zero-order chi connectivity index (χ0) is 18.9. The minimum absolute atomic E-state index is 0. The van der Waals surface area contributed by atoms with Crippen LogP contribution in [-0.2, 0) is 16.1 Å². The Morgan fingerprint density at radius 2 is 1.96 bits per heavy atom. The van der Waals surface area contributed by atoms with Crippen molar-refractivity contribution in [3.63, 3.8) is 0 Å². The van der Waals surface area contributed by atoms with Crippen molar-refractivity contribution in [3.05, 3.63) is 34.3 Å². The molecule has 0 radical (unpaired) electrons. The van der Waals surface area contributed by atoms with Gasteiger partial charge in [-0.05, 0) is 25.5 Å². The molecule has 0 spiro atoms. The predicted molar refractivity (Wildman–Crippen MR) is 121 cm³/mol. The van der Waals surface area contributed by atoms with E-state index in [1.165, 1.54) is 0 Å². The number of guanidine groups is 1. The molecule has 0 saturated heterocycles. The van der Waals surface area contributed by atoms with Gasteiger partial charge in [0.1, 0.15) is 0 Å². The van der Waals surface area contributed by atoms with Crippen LogP contribution < -0.4 is 10.6 Å². The third-order valence-corrected chi connectivity index (χ3v) is 4.65. The number of nitrogens with zero attached hydrogens (tertiary/aromatic N) is 2. The highest BCUT2D eigenvalue weighted by atomic mass is 127. The second kappa shape index (κ2) is 12.5. The quantitative estimate of drug-likeness (QED) is 0.302.